The average Bonchev–Trinajstić information content (AvgIpc) is 1.95. The summed E-state index contributed by atoms with van der Waals surface area (Å²) in [6.45, 7) is 2.11. The molecule has 1 rings (SSSR count). The third-order valence-electron chi connectivity index (χ3n) is 2.11. The van der Waals surface area contributed by atoms with Gasteiger partial charge in [-0.15, -0.1) is 0 Å². The van der Waals surface area contributed by atoms with Crippen molar-refractivity contribution in [1.82, 2.24) is 0 Å². The van der Waals surface area contributed by atoms with Crippen molar-refractivity contribution in [2.45, 2.75) is 25.8 Å². The third kappa shape index (κ3) is 1.45. The summed E-state index contributed by atoms with van der Waals surface area (Å²) in [5, 5.41) is 0. The summed E-state index contributed by atoms with van der Waals surface area (Å²) in [6.07, 6.45) is 4.60. The molecule has 0 saturated heterocycles. The first-order chi connectivity index (χ1) is 4.74. The summed E-state index contributed by atoms with van der Waals surface area (Å²) >= 11 is 0. The fraction of sp³-hybridized carbons (Fsp3) is 0.625. The molecule has 0 aromatic rings. The smallest absolute Gasteiger partial charge is 0.145 e. The lowest BCUT2D eigenvalue weighted by molar-refractivity contribution is -0.105. The number of carbonyl (C=O) groups excluding carboxylic acids is 1. The molecule has 0 bridgehead atoms. The van der Waals surface area contributed by atoms with Gasteiger partial charge in [-0.1, -0.05) is 13.0 Å². The molecule has 10 heavy (non-hydrogen) atoms. The van der Waals surface area contributed by atoms with Crippen LogP contribution >= 0.6 is 0 Å². The topological polar surface area (TPSA) is 43.1 Å². The summed E-state index contributed by atoms with van der Waals surface area (Å²) in [5.41, 5.74) is 6.61. The number of allylic oxidation sites excluding steroid dienone is 1. The van der Waals surface area contributed by atoms with Gasteiger partial charge in [0.1, 0.15) is 6.29 Å². The Balaban J connectivity index is 2.60. The first-order valence-electron chi connectivity index (χ1n) is 3.64. The number of rotatable bonds is 1. The van der Waals surface area contributed by atoms with Crippen LogP contribution in [0.3, 0.4) is 0 Å². The van der Waals surface area contributed by atoms with E-state index in [0.717, 1.165) is 24.7 Å². The molecule has 0 aromatic heterocycles. The van der Waals surface area contributed by atoms with Crippen LogP contribution in [0.15, 0.2) is 11.6 Å². The molecule has 2 heteroatoms. The van der Waals surface area contributed by atoms with Crippen LogP contribution in [0.25, 0.3) is 0 Å². The van der Waals surface area contributed by atoms with Crippen molar-refractivity contribution < 1.29 is 4.79 Å². The minimum atomic E-state index is 0.185. The number of aldehydes is 1. The minimum absolute atomic E-state index is 0.185. The molecule has 0 aliphatic heterocycles. The third-order valence-corrected chi connectivity index (χ3v) is 2.11. The van der Waals surface area contributed by atoms with E-state index in [-0.39, 0.29) is 6.04 Å². The van der Waals surface area contributed by atoms with E-state index in [1.165, 1.54) is 0 Å². The fourth-order valence-corrected chi connectivity index (χ4v) is 1.16. The number of hydrogen-bond donors (Lipinski definition) is 1. The first kappa shape index (κ1) is 7.48. The standard InChI is InChI=1S/C8H13NO/c1-6-2-3-7(5-10)4-8(6)9/h3,5-6,8H,2,4,9H2,1H3. The monoisotopic (exact) mass is 139 g/mol. The first-order valence-corrected chi connectivity index (χ1v) is 3.64. The van der Waals surface area contributed by atoms with Crippen molar-refractivity contribution in [3.05, 3.63) is 11.6 Å². The van der Waals surface area contributed by atoms with Crippen LogP contribution in [0.4, 0.5) is 0 Å². The molecule has 0 fully saturated rings. The number of hydrogen-bond acceptors (Lipinski definition) is 2. The highest BCUT2D eigenvalue weighted by atomic mass is 16.1. The predicted molar refractivity (Wildman–Crippen MR) is 40.5 cm³/mol. The zero-order valence-electron chi connectivity index (χ0n) is 6.21. The molecule has 2 atom stereocenters. The summed E-state index contributed by atoms with van der Waals surface area (Å²) in [6, 6.07) is 0.185. The molecule has 0 amide bonds. The number of carbonyl (C=O) groups is 1. The van der Waals surface area contributed by atoms with Crippen molar-refractivity contribution in [2.24, 2.45) is 11.7 Å². The van der Waals surface area contributed by atoms with Gasteiger partial charge in [0.15, 0.2) is 0 Å². The molecule has 0 heterocycles. The van der Waals surface area contributed by atoms with Gasteiger partial charge in [-0.2, -0.15) is 0 Å². The van der Waals surface area contributed by atoms with E-state index in [1.807, 2.05) is 6.08 Å². The van der Waals surface area contributed by atoms with Crippen LogP contribution in [0.2, 0.25) is 0 Å². The van der Waals surface area contributed by atoms with Crippen molar-refractivity contribution in [1.29, 1.82) is 0 Å². The van der Waals surface area contributed by atoms with Gasteiger partial charge in [-0.05, 0) is 24.3 Å². The Bertz CT molecular complexity index is 163. The summed E-state index contributed by atoms with van der Waals surface area (Å²) < 4.78 is 0. The van der Waals surface area contributed by atoms with Gasteiger partial charge < -0.3 is 5.73 Å². The van der Waals surface area contributed by atoms with Crippen molar-refractivity contribution >= 4 is 6.29 Å². The second-order valence-corrected chi connectivity index (χ2v) is 2.98. The lowest BCUT2D eigenvalue weighted by atomic mass is 9.87. The normalized spacial score (nSPS) is 33.2. The lowest BCUT2D eigenvalue weighted by Crippen LogP contribution is -2.31. The molecule has 0 aromatic carbocycles. The molecule has 2 unspecified atom stereocenters. The Hall–Kier alpha value is -0.630. The van der Waals surface area contributed by atoms with Crippen LogP contribution in [-0.2, 0) is 4.79 Å². The van der Waals surface area contributed by atoms with E-state index in [0.29, 0.717) is 5.92 Å². The van der Waals surface area contributed by atoms with Crippen molar-refractivity contribution in [2.75, 3.05) is 0 Å². The maximum absolute atomic E-state index is 10.3. The summed E-state index contributed by atoms with van der Waals surface area (Å²) in [7, 11) is 0. The van der Waals surface area contributed by atoms with Crippen LogP contribution in [-0.4, -0.2) is 12.3 Å². The Morgan fingerprint density at radius 1 is 1.80 bits per heavy atom. The molecular formula is C8H13NO. The number of nitrogens with two attached hydrogens (primary N) is 1. The second kappa shape index (κ2) is 2.97. The van der Waals surface area contributed by atoms with Crippen molar-refractivity contribution in [3.63, 3.8) is 0 Å². The molecule has 2 nitrogen and oxygen atoms in total. The van der Waals surface area contributed by atoms with Gasteiger partial charge in [-0.25, -0.2) is 0 Å². The van der Waals surface area contributed by atoms with Gasteiger partial charge in [0.25, 0.3) is 0 Å². The maximum Gasteiger partial charge on any atom is 0.145 e. The molecule has 56 valence electrons. The van der Waals surface area contributed by atoms with E-state index in [9.17, 15) is 4.79 Å². The van der Waals surface area contributed by atoms with Crippen LogP contribution in [0.1, 0.15) is 19.8 Å². The van der Waals surface area contributed by atoms with E-state index in [4.69, 9.17) is 5.73 Å². The largest absolute Gasteiger partial charge is 0.327 e. The predicted octanol–water partition coefficient (Wildman–Crippen LogP) is 0.869. The maximum atomic E-state index is 10.3. The average molecular weight is 139 g/mol. The Kier molecular flexibility index (Phi) is 2.22. The van der Waals surface area contributed by atoms with Gasteiger partial charge in [-0.3, -0.25) is 4.79 Å². The minimum Gasteiger partial charge on any atom is -0.327 e. The highest BCUT2D eigenvalue weighted by Gasteiger charge is 2.17. The van der Waals surface area contributed by atoms with E-state index in [1.54, 1.807) is 0 Å². The molecule has 0 spiro atoms. The quantitative estimate of drug-likeness (QED) is 0.548. The Morgan fingerprint density at radius 3 is 3.00 bits per heavy atom. The Morgan fingerprint density at radius 2 is 2.50 bits per heavy atom. The van der Waals surface area contributed by atoms with Crippen LogP contribution < -0.4 is 5.73 Å². The highest BCUT2D eigenvalue weighted by Crippen LogP contribution is 2.20. The molecule has 2 N–H and O–H groups in total. The van der Waals surface area contributed by atoms with Gasteiger partial charge in [0.05, 0.1) is 0 Å². The molecule has 1 aliphatic carbocycles. The van der Waals surface area contributed by atoms with E-state index in [2.05, 4.69) is 6.92 Å². The summed E-state index contributed by atoms with van der Waals surface area (Å²) in [4.78, 5) is 10.3. The zero-order valence-corrected chi connectivity index (χ0v) is 6.21. The van der Waals surface area contributed by atoms with E-state index < -0.39 is 0 Å². The zero-order chi connectivity index (χ0) is 7.56. The molecule has 0 saturated carbocycles. The molecular weight excluding hydrogens is 126 g/mol. The van der Waals surface area contributed by atoms with E-state index >= 15 is 0 Å². The van der Waals surface area contributed by atoms with Gasteiger partial charge >= 0.3 is 0 Å². The molecule has 0 radical (unpaired) electrons. The SMILES string of the molecule is CC1CC=C(C=O)CC1N. The van der Waals surface area contributed by atoms with Crippen LogP contribution in [0, 0.1) is 5.92 Å². The van der Waals surface area contributed by atoms with Crippen molar-refractivity contribution in [3.8, 4) is 0 Å². The van der Waals surface area contributed by atoms with Crippen LogP contribution in [0.5, 0.6) is 0 Å². The van der Waals surface area contributed by atoms with Gasteiger partial charge in [0, 0.05) is 6.04 Å². The second-order valence-electron chi connectivity index (χ2n) is 2.98. The molecule has 1 aliphatic rings. The fourth-order valence-electron chi connectivity index (χ4n) is 1.16. The highest BCUT2D eigenvalue weighted by molar-refractivity contribution is 5.73. The lowest BCUT2D eigenvalue weighted by Gasteiger charge is -2.22. The summed E-state index contributed by atoms with van der Waals surface area (Å²) in [5.74, 6) is 0.531. The Labute approximate surface area is 61.1 Å². The van der Waals surface area contributed by atoms with Gasteiger partial charge in [0.2, 0.25) is 0 Å².